The maximum absolute atomic E-state index is 5.63. The first-order valence-corrected chi connectivity index (χ1v) is 13.5. The normalized spacial score (nSPS) is 20.5. The van der Waals surface area contributed by atoms with Crippen LogP contribution in [0.25, 0.3) is 11.2 Å². The number of thiol groups is 1. The average molecular weight is 478 g/mol. The van der Waals surface area contributed by atoms with Crippen LogP contribution in [0.5, 0.6) is 0 Å². The van der Waals surface area contributed by atoms with Crippen molar-refractivity contribution in [2.24, 2.45) is 0 Å². The first-order valence-electron chi connectivity index (χ1n) is 12.0. The van der Waals surface area contributed by atoms with Crippen molar-refractivity contribution in [3.63, 3.8) is 0 Å². The molecule has 3 aliphatic rings. The maximum Gasteiger partial charge on any atom is 0.229 e. The van der Waals surface area contributed by atoms with E-state index in [4.69, 9.17) is 14.7 Å². The standard InChI is InChI=1S/C25H31N7OS/c1-30-10-12-31(13-11-30)20-6-4-19(5-7-20)27-24-26-18-22-23(29-24)32(21-8-14-33-15-9-21)25(28-22)34-16-2-3-17-34/h2-7,16-18,21,34H,8-15H2,1H3,(H,26,27,29). The minimum Gasteiger partial charge on any atom is -0.381 e. The molecule has 0 unspecified atom stereocenters. The molecule has 0 bridgehead atoms. The molecule has 178 valence electrons. The Morgan fingerprint density at radius 3 is 2.44 bits per heavy atom. The second-order valence-corrected chi connectivity index (χ2v) is 10.9. The molecule has 2 aromatic heterocycles. The Hall–Kier alpha value is -2.88. The van der Waals surface area contributed by atoms with Gasteiger partial charge in [-0.15, -0.1) is 0 Å². The first-order chi connectivity index (χ1) is 16.7. The smallest absolute Gasteiger partial charge is 0.229 e. The molecule has 0 aliphatic carbocycles. The van der Waals surface area contributed by atoms with Gasteiger partial charge >= 0.3 is 0 Å². The van der Waals surface area contributed by atoms with Crippen LogP contribution < -0.4 is 10.2 Å². The Labute approximate surface area is 202 Å². The molecule has 0 radical (unpaired) electrons. The lowest BCUT2D eigenvalue weighted by Gasteiger charge is -2.34. The van der Waals surface area contributed by atoms with Gasteiger partial charge in [-0.25, -0.2) is 9.97 Å². The Morgan fingerprint density at radius 2 is 1.71 bits per heavy atom. The number of ether oxygens (including phenoxy) is 1. The molecule has 6 rings (SSSR count). The van der Waals surface area contributed by atoms with Gasteiger partial charge in [0.2, 0.25) is 5.95 Å². The first kappa shape index (κ1) is 21.6. The third-order valence-corrected chi connectivity index (χ3v) is 8.56. The number of fused-ring (bicyclic) bond motifs is 1. The molecule has 2 fully saturated rings. The van der Waals surface area contributed by atoms with Gasteiger partial charge < -0.3 is 24.4 Å². The van der Waals surface area contributed by atoms with Crippen molar-refractivity contribution in [2.45, 2.75) is 24.0 Å². The van der Waals surface area contributed by atoms with Crippen molar-refractivity contribution in [1.82, 2.24) is 24.4 Å². The molecule has 0 spiro atoms. The number of likely N-dealkylation sites (N-methyl/N-ethyl adjacent to an activating group) is 1. The van der Waals surface area contributed by atoms with Crippen molar-refractivity contribution in [1.29, 1.82) is 0 Å². The second kappa shape index (κ2) is 9.40. The third-order valence-electron chi connectivity index (χ3n) is 6.80. The van der Waals surface area contributed by atoms with Crippen LogP contribution in [0.3, 0.4) is 0 Å². The van der Waals surface area contributed by atoms with E-state index in [9.17, 15) is 0 Å². The van der Waals surface area contributed by atoms with E-state index >= 15 is 0 Å². The highest BCUT2D eigenvalue weighted by Gasteiger charge is 2.25. The van der Waals surface area contributed by atoms with Crippen LogP contribution in [0.1, 0.15) is 18.9 Å². The third kappa shape index (κ3) is 4.31. The van der Waals surface area contributed by atoms with Gasteiger partial charge in [-0.05, 0) is 55.0 Å². The summed E-state index contributed by atoms with van der Waals surface area (Å²) in [4.78, 5) is 19.3. The summed E-state index contributed by atoms with van der Waals surface area (Å²) in [5.41, 5.74) is 4.01. The van der Waals surface area contributed by atoms with E-state index in [-0.39, 0.29) is 0 Å². The van der Waals surface area contributed by atoms with E-state index in [1.807, 2.05) is 6.20 Å². The van der Waals surface area contributed by atoms with Crippen LogP contribution in [0, 0.1) is 0 Å². The number of benzene rings is 1. The molecule has 8 nitrogen and oxygen atoms in total. The second-order valence-electron chi connectivity index (χ2n) is 9.08. The summed E-state index contributed by atoms with van der Waals surface area (Å²) in [5, 5.41) is 9.01. The summed E-state index contributed by atoms with van der Waals surface area (Å²) < 4.78 is 7.98. The zero-order chi connectivity index (χ0) is 22.9. The number of anilines is 3. The highest BCUT2D eigenvalue weighted by Crippen LogP contribution is 2.44. The Balaban J connectivity index is 1.27. The molecule has 3 aliphatic heterocycles. The number of rotatable bonds is 5. The van der Waals surface area contributed by atoms with E-state index < -0.39 is 10.9 Å². The van der Waals surface area contributed by atoms with Crippen molar-refractivity contribution >= 4 is 39.4 Å². The molecule has 5 heterocycles. The predicted octanol–water partition coefficient (Wildman–Crippen LogP) is 4.07. The number of allylic oxidation sites excluding steroid dienone is 2. The van der Waals surface area contributed by atoms with Crippen LogP contribution >= 0.6 is 10.9 Å². The molecule has 2 saturated heterocycles. The lowest BCUT2D eigenvalue weighted by atomic mass is 10.1. The molecule has 3 aromatic rings. The fourth-order valence-corrected chi connectivity index (χ4v) is 6.48. The van der Waals surface area contributed by atoms with E-state index in [1.54, 1.807) is 0 Å². The highest BCUT2D eigenvalue weighted by molar-refractivity contribution is 8.22. The summed E-state index contributed by atoms with van der Waals surface area (Å²) in [6.45, 7) is 5.89. The number of hydrogen-bond acceptors (Lipinski definition) is 7. The van der Waals surface area contributed by atoms with Gasteiger partial charge in [0.1, 0.15) is 5.52 Å². The average Bonchev–Trinajstić information content (AvgIpc) is 3.54. The SMILES string of the molecule is CN1CCN(c2ccc(Nc3ncc4nc([SH]5C=CC=C5)n(C5CCOCC5)c4n3)cc2)CC1. The summed E-state index contributed by atoms with van der Waals surface area (Å²) in [6, 6.07) is 8.93. The zero-order valence-electron chi connectivity index (χ0n) is 19.5. The summed E-state index contributed by atoms with van der Waals surface area (Å²) in [6.07, 6.45) is 8.04. The minimum atomic E-state index is -0.549. The Kier molecular flexibility index (Phi) is 5.98. The van der Waals surface area contributed by atoms with Gasteiger partial charge in [0.25, 0.3) is 0 Å². The number of piperazine rings is 1. The zero-order valence-corrected chi connectivity index (χ0v) is 20.4. The maximum atomic E-state index is 5.63. The number of nitrogens with zero attached hydrogens (tertiary/aromatic N) is 6. The van der Waals surface area contributed by atoms with E-state index in [2.05, 4.69) is 78.9 Å². The summed E-state index contributed by atoms with van der Waals surface area (Å²) >= 11 is 0. The number of nitrogens with one attached hydrogen (secondary N) is 1. The minimum absolute atomic E-state index is 0.351. The molecular formula is C25H31N7OS. The molecule has 1 aromatic carbocycles. The fourth-order valence-electron chi connectivity index (χ4n) is 4.82. The monoisotopic (exact) mass is 477 g/mol. The lowest BCUT2D eigenvalue weighted by Crippen LogP contribution is -2.44. The van der Waals surface area contributed by atoms with Gasteiger partial charge in [0.05, 0.1) is 6.20 Å². The van der Waals surface area contributed by atoms with Crippen LogP contribution in [0.2, 0.25) is 0 Å². The predicted molar refractivity (Wildman–Crippen MR) is 139 cm³/mol. The van der Waals surface area contributed by atoms with Gasteiger partial charge in [-0.2, -0.15) is 15.9 Å². The van der Waals surface area contributed by atoms with Crippen molar-refractivity contribution in [3.05, 3.63) is 53.4 Å². The van der Waals surface area contributed by atoms with Crippen LogP contribution in [-0.4, -0.2) is 70.9 Å². The topological polar surface area (TPSA) is 71.3 Å². The van der Waals surface area contributed by atoms with Gasteiger partial charge in [-0.3, -0.25) is 0 Å². The Morgan fingerprint density at radius 1 is 0.971 bits per heavy atom. The van der Waals surface area contributed by atoms with Crippen LogP contribution in [0.15, 0.2) is 58.6 Å². The Bertz CT molecular complexity index is 1200. The summed E-state index contributed by atoms with van der Waals surface area (Å²) in [7, 11) is 1.63. The van der Waals surface area contributed by atoms with Crippen LogP contribution in [-0.2, 0) is 4.74 Å². The van der Waals surface area contributed by atoms with E-state index in [0.717, 1.165) is 74.2 Å². The van der Waals surface area contributed by atoms with Crippen molar-refractivity contribution < 1.29 is 4.74 Å². The van der Waals surface area contributed by atoms with E-state index in [0.29, 0.717) is 12.0 Å². The molecule has 0 saturated carbocycles. The van der Waals surface area contributed by atoms with Crippen molar-refractivity contribution in [3.8, 4) is 0 Å². The van der Waals surface area contributed by atoms with Gasteiger partial charge in [0, 0.05) is 56.8 Å². The number of imidazole rings is 1. The molecule has 1 N–H and O–H groups in total. The van der Waals surface area contributed by atoms with Crippen molar-refractivity contribution in [2.75, 3.05) is 56.7 Å². The molecular weight excluding hydrogens is 446 g/mol. The molecule has 0 amide bonds. The highest BCUT2D eigenvalue weighted by atomic mass is 32.2. The molecule has 9 heteroatoms. The quantitative estimate of drug-likeness (QED) is 0.537. The molecule has 0 atom stereocenters. The lowest BCUT2D eigenvalue weighted by molar-refractivity contribution is 0.0683. The van der Waals surface area contributed by atoms with Crippen LogP contribution in [0.4, 0.5) is 17.3 Å². The molecule has 34 heavy (non-hydrogen) atoms. The fraction of sp³-hybridized carbons (Fsp3) is 0.400. The number of aromatic nitrogens is 4. The summed E-state index contributed by atoms with van der Waals surface area (Å²) in [5.74, 6) is 0.602. The van der Waals surface area contributed by atoms with Gasteiger partial charge in [-0.1, -0.05) is 12.2 Å². The van der Waals surface area contributed by atoms with E-state index in [1.165, 1.54) is 5.69 Å². The van der Waals surface area contributed by atoms with Gasteiger partial charge in [0.15, 0.2) is 10.8 Å². The number of hydrogen-bond donors (Lipinski definition) is 2. The largest absolute Gasteiger partial charge is 0.381 e.